The second-order valence-electron chi connectivity index (χ2n) is 6.27. The van der Waals surface area contributed by atoms with Gasteiger partial charge in [0.1, 0.15) is 6.61 Å². The third-order valence-electron chi connectivity index (χ3n) is 4.11. The molecule has 0 unspecified atom stereocenters. The summed E-state index contributed by atoms with van der Waals surface area (Å²) >= 11 is 0. The van der Waals surface area contributed by atoms with Crippen molar-refractivity contribution in [2.45, 2.75) is 19.3 Å². The highest BCUT2D eigenvalue weighted by molar-refractivity contribution is 6.10. The van der Waals surface area contributed by atoms with Crippen molar-refractivity contribution in [1.82, 2.24) is 0 Å². The number of hydrogen-bond acceptors (Lipinski definition) is 3. The summed E-state index contributed by atoms with van der Waals surface area (Å²) in [5.41, 5.74) is -4.83. The molecule has 2 aromatic rings. The number of alkyl halides is 6. The standard InChI is InChI=1S/C19H14F6N2O2/c1-10-8-12(18(20,21)22)15(13(9-10)19(23,24)25)16(28)27-14-5-3-2-4-11(14)17-26-6-7-29-17/h2-5,8-9H,6-7H2,1H3,(H,27,28). The minimum Gasteiger partial charge on any atom is -0.475 e. The molecule has 0 spiro atoms. The molecule has 4 nitrogen and oxygen atoms in total. The monoisotopic (exact) mass is 416 g/mol. The molecule has 1 amide bonds. The largest absolute Gasteiger partial charge is 0.475 e. The molecule has 10 heteroatoms. The number of amides is 1. The summed E-state index contributed by atoms with van der Waals surface area (Å²) in [6.45, 7) is 1.73. The van der Waals surface area contributed by atoms with E-state index in [1.807, 2.05) is 0 Å². The van der Waals surface area contributed by atoms with Gasteiger partial charge in [-0.25, -0.2) is 4.99 Å². The van der Waals surface area contributed by atoms with Crippen LogP contribution in [0.1, 0.15) is 32.6 Å². The van der Waals surface area contributed by atoms with Gasteiger partial charge in [-0.1, -0.05) is 12.1 Å². The van der Waals surface area contributed by atoms with Gasteiger partial charge in [0, 0.05) is 0 Å². The lowest BCUT2D eigenvalue weighted by atomic mass is 9.96. The van der Waals surface area contributed by atoms with E-state index in [2.05, 4.69) is 10.3 Å². The van der Waals surface area contributed by atoms with E-state index < -0.39 is 35.0 Å². The van der Waals surface area contributed by atoms with Crippen molar-refractivity contribution in [1.29, 1.82) is 0 Å². The molecule has 154 valence electrons. The Bertz CT molecular complexity index is 944. The Balaban J connectivity index is 2.11. The first-order valence-electron chi connectivity index (χ1n) is 8.35. The summed E-state index contributed by atoms with van der Waals surface area (Å²) in [5, 5.41) is 2.15. The number of aryl methyl sites for hydroxylation is 1. The maximum atomic E-state index is 13.4. The first kappa shape index (κ1) is 20.7. The molecular formula is C19H14F6N2O2. The van der Waals surface area contributed by atoms with Gasteiger partial charge in [-0.15, -0.1) is 0 Å². The van der Waals surface area contributed by atoms with Crippen LogP contribution in [0.5, 0.6) is 0 Å². The van der Waals surface area contributed by atoms with Crippen LogP contribution in [-0.2, 0) is 17.1 Å². The molecule has 0 fully saturated rings. The molecule has 29 heavy (non-hydrogen) atoms. The van der Waals surface area contributed by atoms with E-state index in [0.29, 0.717) is 18.7 Å². The zero-order valence-electron chi connectivity index (χ0n) is 14.9. The van der Waals surface area contributed by atoms with Crippen LogP contribution in [0.3, 0.4) is 0 Å². The Morgan fingerprint density at radius 2 is 1.62 bits per heavy atom. The van der Waals surface area contributed by atoms with Crippen molar-refractivity contribution in [2.75, 3.05) is 18.5 Å². The summed E-state index contributed by atoms with van der Waals surface area (Å²) in [5.74, 6) is -1.38. The lowest BCUT2D eigenvalue weighted by Gasteiger charge is -2.20. The fourth-order valence-corrected chi connectivity index (χ4v) is 2.94. The average Bonchev–Trinajstić information content (AvgIpc) is 3.14. The summed E-state index contributed by atoms with van der Waals surface area (Å²) in [6.07, 6.45) is -10.3. The van der Waals surface area contributed by atoms with Crippen LogP contribution in [-0.4, -0.2) is 25.0 Å². The second-order valence-corrected chi connectivity index (χ2v) is 6.27. The average molecular weight is 416 g/mol. The maximum absolute atomic E-state index is 13.4. The number of rotatable bonds is 3. The van der Waals surface area contributed by atoms with Crippen molar-refractivity contribution in [3.63, 3.8) is 0 Å². The Morgan fingerprint density at radius 3 is 2.14 bits per heavy atom. The van der Waals surface area contributed by atoms with E-state index >= 15 is 0 Å². The molecule has 0 saturated carbocycles. The molecular weight excluding hydrogens is 402 g/mol. The number of benzene rings is 2. The van der Waals surface area contributed by atoms with Gasteiger partial charge >= 0.3 is 12.4 Å². The molecule has 0 radical (unpaired) electrons. The van der Waals surface area contributed by atoms with E-state index in [0.717, 1.165) is 6.92 Å². The topological polar surface area (TPSA) is 50.7 Å². The second kappa shape index (κ2) is 7.41. The Morgan fingerprint density at radius 1 is 1.03 bits per heavy atom. The van der Waals surface area contributed by atoms with Gasteiger partial charge < -0.3 is 10.1 Å². The number of nitrogens with one attached hydrogen (secondary N) is 1. The number of para-hydroxylation sites is 1. The summed E-state index contributed by atoms with van der Waals surface area (Å²) in [7, 11) is 0. The lowest BCUT2D eigenvalue weighted by molar-refractivity contribution is -0.143. The first-order chi connectivity index (χ1) is 13.5. The van der Waals surface area contributed by atoms with Crippen LogP contribution in [0.15, 0.2) is 41.4 Å². The Hall–Kier alpha value is -3.04. The van der Waals surface area contributed by atoms with Gasteiger partial charge in [-0.3, -0.25) is 4.79 Å². The highest BCUT2D eigenvalue weighted by Crippen LogP contribution is 2.40. The van der Waals surface area contributed by atoms with E-state index in [9.17, 15) is 31.1 Å². The molecule has 1 heterocycles. The third-order valence-corrected chi connectivity index (χ3v) is 4.11. The van der Waals surface area contributed by atoms with Crippen molar-refractivity contribution >= 4 is 17.5 Å². The molecule has 3 rings (SSSR count). The van der Waals surface area contributed by atoms with Crippen molar-refractivity contribution < 1.29 is 35.9 Å². The normalized spacial score (nSPS) is 14.4. The molecule has 1 N–H and O–H groups in total. The number of nitrogens with zero attached hydrogens (tertiary/aromatic N) is 1. The molecule has 1 aliphatic rings. The van der Waals surface area contributed by atoms with Gasteiger partial charge in [-0.2, -0.15) is 26.3 Å². The minimum absolute atomic E-state index is 0.0139. The fourth-order valence-electron chi connectivity index (χ4n) is 2.94. The number of aliphatic imine (C=N–C) groups is 1. The van der Waals surface area contributed by atoms with E-state index in [1.54, 1.807) is 6.07 Å². The molecule has 1 aliphatic heterocycles. The number of anilines is 1. The fraction of sp³-hybridized carbons (Fsp3) is 0.263. The molecule has 0 bridgehead atoms. The summed E-state index contributed by atoms with van der Waals surface area (Å²) < 4.78 is 85.9. The van der Waals surface area contributed by atoms with Crippen molar-refractivity contribution in [3.05, 3.63) is 64.2 Å². The molecule has 0 aliphatic carbocycles. The van der Waals surface area contributed by atoms with Crippen LogP contribution < -0.4 is 5.32 Å². The predicted molar refractivity (Wildman–Crippen MR) is 92.9 cm³/mol. The zero-order valence-corrected chi connectivity index (χ0v) is 14.9. The van der Waals surface area contributed by atoms with Crippen LogP contribution in [0, 0.1) is 6.92 Å². The third kappa shape index (κ3) is 4.36. The van der Waals surface area contributed by atoms with Crippen molar-refractivity contribution in [2.24, 2.45) is 4.99 Å². The van der Waals surface area contributed by atoms with Gasteiger partial charge in [0.25, 0.3) is 5.91 Å². The van der Waals surface area contributed by atoms with Crippen LogP contribution in [0.4, 0.5) is 32.0 Å². The smallest absolute Gasteiger partial charge is 0.417 e. The number of carbonyl (C=O) groups is 1. The van der Waals surface area contributed by atoms with E-state index in [-0.39, 0.29) is 29.3 Å². The highest BCUT2D eigenvalue weighted by atomic mass is 19.4. The molecule has 0 saturated heterocycles. The maximum Gasteiger partial charge on any atom is 0.417 e. The zero-order chi connectivity index (χ0) is 21.4. The minimum atomic E-state index is -5.16. The number of halogens is 6. The van der Waals surface area contributed by atoms with Crippen molar-refractivity contribution in [3.8, 4) is 0 Å². The van der Waals surface area contributed by atoms with Crippen LogP contribution in [0.2, 0.25) is 0 Å². The first-order valence-corrected chi connectivity index (χ1v) is 8.35. The van der Waals surface area contributed by atoms with Crippen LogP contribution >= 0.6 is 0 Å². The molecule has 2 aromatic carbocycles. The highest BCUT2D eigenvalue weighted by Gasteiger charge is 2.43. The van der Waals surface area contributed by atoms with E-state index in [4.69, 9.17) is 4.74 Å². The van der Waals surface area contributed by atoms with Gasteiger partial charge in [0.2, 0.25) is 5.90 Å². The number of hydrogen-bond donors (Lipinski definition) is 1. The predicted octanol–water partition coefficient (Wildman–Crippen LogP) is 5.06. The SMILES string of the molecule is Cc1cc(C(F)(F)F)c(C(=O)Nc2ccccc2C2=NCCO2)c(C(F)(F)F)c1. The quantitative estimate of drug-likeness (QED) is 0.711. The number of carbonyl (C=O) groups excluding carboxylic acids is 1. The van der Waals surface area contributed by atoms with Gasteiger partial charge in [0.05, 0.1) is 34.5 Å². The molecule has 0 atom stereocenters. The van der Waals surface area contributed by atoms with Gasteiger partial charge in [-0.05, 0) is 36.8 Å². The lowest BCUT2D eigenvalue weighted by Crippen LogP contribution is -2.25. The number of ether oxygens (including phenoxy) is 1. The Labute approximate surface area is 161 Å². The molecule has 0 aromatic heterocycles. The van der Waals surface area contributed by atoms with E-state index in [1.165, 1.54) is 18.2 Å². The summed E-state index contributed by atoms with van der Waals surface area (Å²) in [4.78, 5) is 16.7. The van der Waals surface area contributed by atoms with Gasteiger partial charge in [0.15, 0.2) is 0 Å². The summed E-state index contributed by atoms with van der Waals surface area (Å²) in [6, 6.07) is 6.90. The van der Waals surface area contributed by atoms with Crippen LogP contribution in [0.25, 0.3) is 0 Å². The Kier molecular flexibility index (Phi) is 5.29.